The maximum Gasteiger partial charge on any atom is 0.125 e. The summed E-state index contributed by atoms with van der Waals surface area (Å²) in [6.45, 7) is 0. The summed E-state index contributed by atoms with van der Waals surface area (Å²) >= 11 is 5.62. The van der Waals surface area contributed by atoms with E-state index in [0.29, 0.717) is 10.6 Å². The van der Waals surface area contributed by atoms with Crippen LogP contribution in [0.3, 0.4) is 0 Å². The van der Waals surface area contributed by atoms with E-state index in [1.54, 1.807) is 6.07 Å². The molecule has 0 aromatic heterocycles. The van der Waals surface area contributed by atoms with E-state index >= 15 is 0 Å². The third kappa shape index (κ3) is 3.51. The largest absolute Gasteiger partial charge is 0.323 e. The topological polar surface area (TPSA) is 49.8 Å². The molecule has 5 heteroatoms. The van der Waals surface area contributed by atoms with E-state index in [0.717, 1.165) is 0 Å². The lowest BCUT2D eigenvalue weighted by Crippen LogP contribution is -2.09. The van der Waals surface area contributed by atoms with Gasteiger partial charge in [-0.1, -0.05) is 11.6 Å². The molecule has 76 valence electrons. The lowest BCUT2D eigenvalue weighted by atomic mass is 10.1. The van der Waals surface area contributed by atoms with Gasteiger partial charge in [0.25, 0.3) is 0 Å². The fraction of sp³-hybridized carbons (Fsp3) is 0.222. The summed E-state index contributed by atoms with van der Waals surface area (Å²) in [7, 11) is 0. The molecule has 0 unspecified atom stereocenters. The molecule has 0 aliphatic rings. The summed E-state index contributed by atoms with van der Waals surface area (Å²) in [6.07, 6.45) is 0.153. The third-order valence-corrected chi connectivity index (χ3v) is 1.84. The Morgan fingerprint density at radius 2 is 2.14 bits per heavy atom. The van der Waals surface area contributed by atoms with E-state index in [9.17, 15) is 4.39 Å². The SMILES string of the molecule is Cl.N#CC[C@@H](N)c1cc(F)cc(Cl)c1. The second kappa shape index (κ2) is 5.82. The Balaban J connectivity index is 0.00000169. The second-order valence-electron chi connectivity index (χ2n) is 2.67. The highest BCUT2D eigenvalue weighted by Gasteiger charge is 2.07. The summed E-state index contributed by atoms with van der Waals surface area (Å²) in [5.41, 5.74) is 6.14. The fourth-order valence-electron chi connectivity index (χ4n) is 1.01. The van der Waals surface area contributed by atoms with E-state index in [-0.39, 0.29) is 18.8 Å². The van der Waals surface area contributed by atoms with Crippen LogP contribution in [0.2, 0.25) is 5.02 Å². The van der Waals surface area contributed by atoms with Gasteiger partial charge in [-0.05, 0) is 23.8 Å². The van der Waals surface area contributed by atoms with Gasteiger partial charge in [0.2, 0.25) is 0 Å². The van der Waals surface area contributed by atoms with Gasteiger partial charge in [-0.15, -0.1) is 12.4 Å². The molecule has 0 fully saturated rings. The van der Waals surface area contributed by atoms with Crippen molar-refractivity contribution >= 4 is 24.0 Å². The van der Waals surface area contributed by atoms with E-state index < -0.39 is 11.9 Å². The highest BCUT2D eigenvalue weighted by molar-refractivity contribution is 6.30. The smallest absolute Gasteiger partial charge is 0.125 e. The van der Waals surface area contributed by atoms with Gasteiger partial charge in [-0.2, -0.15) is 5.26 Å². The number of hydrogen-bond acceptors (Lipinski definition) is 2. The van der Waals surface area contributed by atoms with Crippen molar-refractivity contribution < 1.29 is 4.39 Å². The van der Waals surface area contributed by atoms with Gasteiger partial charge in [-0.25, -0.2) is 4.39 Å². The minimum atomic E-state index is -0.474. The molecule has 1 aromatic rings. The Morgan fingerprint density at radius 1 is 1.50 bits per heavy atom. The van der Waals surface area contributed by atoms with Crippen molar-refractivity contribution in [3.8, 4) is 6.07 Å². The second-order valence-corrected chi connectivity index (χ2v) is 3.11. The minimum absolute atomic E-state index is 0. The molecular formula is C9H9Cl2FN2. The van der Waals surface area contributed by atoms with Crippen LogP contribution in [-0.4, -0.2) is 0 Å². The van der Waals surface area contributed by atoms with Crippen LogP contribution in [0.5, 0.6) is 0 Å². The molecular weight excluding hydrogens is 226 g/mol. The van der Waals surface area contributed by atoms with E-state index in [2.05, 4.69) is 0 Å². The zero-order chi connectivity index (χ0) is 9.84. The molecule has 1 atom stereocenters. The summed E-state index contributed by atoms with van der Waals surface area (Å²) < 4.78 is 12.8. The van der Waals surface area contributed by atoms with Crippen molar-refractivity contribution in [3.63, 3.8) is 0 Å². The average molecular weight is 235 g/mol. The molecule has 0 heterocycles. The van der Waals surface area contributed by atoms with Gasteiger partial charge < -0.3 is 5.73 Å². The summed E-state index contributed by atoms with van der Waals surface area (Å²) in [4.78, 5) is 0. The molecule has 1 rings (SSSR count). The molecule has 2 nitrogen and oxygen atoms in total. The van der Waals surface area contributed by atoms with Crippen LogP contribution < -0.4 is 5.73 Å². The van der Waals surface area contributed by atoms with Crippen LogP contribution in [-0.2, 0) is 0 Å². The molecule has 2 N–H and O–H groups in total. The predicted molar refractivity (Wildman–Crippen MR) is 55.8 cm³/mol. The first-order valence-electron chi connectivity index (χ1n) is 3.72. The van der Waals surface area contributed by atoms with Crippen LogP contribution in [0.15, 0.2) is 18.2 Å². The number of nitrogens with zero attached hydrogens (tertiary/aromatic N) is 1. The standard InChI is InChI=1S/C9H8ClFN2.ClH/c10-7-3-6(4-8(11)5-7)9(13)1-2-12;/h3-5,9H,1,13H2;1H/t9-;/m1./s1. The van der Waals surface area contributed by atoms with Gasteiger partial charge in [0.05, 0.1) is 12.5 Å². The lowest BCUT2D eigenvalue weighted by Gasteiger charge is -2.07. The average Bonchev–Trinajstić information content (AvgIpc) is 2.03. The molecule has 0 spiro atoms. The zero-order valence-electron chi connectivity index (χ0n) is 7.21. The van der Waals surface area contributed by atoms with Crippen molar-refractivity contribution in [2.45, 2.75) is 12.5 Å². The number of hydrogen-bond donors (Lipinski definition) is 1. The van der Waals surface area contributed by atoms with Crippen LogP contribution in [0.1, 0.15) is 18.0 Å². The Morgan fingerprint density at radius 3 is 2.64 bits per heavy atom. The van der Waals surface area contributed by atoms with Gasteiger partial charge in [0.1, 0.15) is 5.82 Å². The van der Waals surface area contributed by atoms with Crippen LogP contribution in [0.4, 0.5) is 4.39 Å². The van der Waals surface area contributed by atoms with Crippen molar-refractivity contribution in [1.29, 1.82) is 5.26 Å². The van der Waals surface area contributed by atoms with Crippen molar-refractivity contribution in [1.82, 2.24) is 0 Å². The highest BCUT2D eigenvalue weighted by Crippen LogP contribution is 2.20. The molecule has 0 saturated carbocycles. The number of benzene rings is 1. The van der Waals surface area contributed by atoms with Gasteiger partial charge in [0.15, 0.2) is 0 Å². The number of nitriles is 1. The Bertz CT molecular complexity index is 329. The van der Waals surface area contributed by atoms with Gasteiger partial charge >= 0.3 is 0 Å². The molecule has 0 amide bonds. The Kier molecular flexibility index (Phi) is 5.47. The molecule has 0 aliphatic carbocycles. The molecule has 0 bridgehead atoms. The zero-order valence-corrected chi connectivity index (χ0v) is 8.78. The van der Waals surface area contributed by atoms with Gasteiger partial charge in [0, 0.05) is 11.1 Å². The molecule has 0 saturated heterocycles. The number of nitrogens with two attached hydrogens (primary N) is 1. The van der Waals surface area contributed by atoms with E-state index in [1.165, 1.54) is 12.1 Å². The maximum atomic E-state index is 12.8. The fourth-order valence-corrected chi connectivity index (χ4v) is 1.24. The van der Waals surface area contributed by atoms with Gasteiger partial charge in [-0.3, -0.25) is 0 Å². The highest BCUT2D eigenvalue weighted by atomic mass is 35.5. The molecule has 0 radical (unpaired) electrons. The Hall–Kier alpha value is -0.820. The number of halogens is 3. The van der Waals surface area contributed by atoms with E-state index in [4.69, 9.17) is 22.6 Å². The van der Waals surface area contributed by atoms with E-state index in [1.807, 2.05) is 6.07 Å². The van der Waals surface area contributed by atoms with Crippen LogP contribution in [0.25, 0.3) is 0 Å². The third-order valence-electron chi connectivity index (χ3n) is 1.62. The molecule has 0 aliphatic heterocycles. The summed E-state index contributed by atoms with van der Waals surface area (Å²) in [6, 6.07) is 5.49. The van der Waals surface area contributed by atoms with Crippen LogP contribution >= 0.6 is 24.0 Å². The molecule has 14 heavy (non-hydrogen) atoms. The first-order chi connectivity index (χ1) is 6.13. The van der Waals surface area contributed by atoms with Crippen molar-refractivity contribution in [2.75, 3.05) is 0 Å². The number of rotatable bonds is 2. The predicted octanol–water partition coefficient (Wildman–Crippen LogP) is 2.81. The lowest BCUT2D eigenvalue weighted by molar-refractivity contribution is 0.620. The molecule has 1 aromatic carbocycles. The summed E-state index contributed by atoms with van der Waals surface area (Å²) in [5.74, 6) is -0.434. The normalized spacial score (nSPS) is 11.3. The first kappa shape index (κ1) is 13.2. The summed E-state index contributed by atoms with van der Waals surface area (Å²) in [5, 5.41) is 8.67. The van der Waals surface area contributed by atoms with Crippen molar-refractivity contribution in [2.24, 2.45) is 5.73 Å². The van der Waals surface area contributed by atoms with Crippen LogP contribution in [0, 0.1) is 17.1 Å². The monoisotopic (exact) mass is 234 g/mol. The minimum Gasteiger partial charge on any atom is -0.323 e. The van der Waals surface area contributed by atoms with Crippen molar-refractivity contribution in [3.05, 3.63) is 34.6 Å². The first-order valence-corrected chi connectivity index (χ1v) is 4.10. The Labute approximate surface area is 92.9 Å². The maximum absolute atomic E-state index is 12.8. The quantitative estimate of drug-likeness (QED) is 0.856.